The van der Waals surface area contributed by atoms with Crippen LogP contribution in [0.3, 0.4) is 0 Å². The Morgan fingerprint density at radius 1 is 1.30 bits per heavy atom. The minimum absolute atomic E-state index is 0.236. The molecule has 2 amide bonds. The molecule has 0 bridgehead atoms. The van der Waals surface area contributed by atoms with E-state index in [4.69, 9.17) is 0 Å². The van der Waals surface area contributed by atoms with Crippen LogP contribution >= 0.6 is 11.8 Å². The SMILES string of the molecule is CC(=O)NC1=NC(=O)/C(=C\c2ccc(N(C)C)cc2)S1. The van der Waals surface area contributed by atoms with Crippen LogP contribution in [0.4, 0.5) is 5.69 Å². The van der Waals surface area contributed by atoms with Gasteiger partial charge in [-0.15, -0.1) is 0 Å². The van der Waals surface area contributed by atoms with Crippen molar-refractivity contribution in [1.29, 1.82) is 0 Å². The number of hydrogen-bond donors (Lipinski definition) is 1. The van der Waals surface area contributed by atoms with Crippen LogP contribution in [0, 0.1) is 0 Å². The molecule has 1 aromatic rings. The van der Waals surface area contributed by atoms with Crippen LogP contribution < -0.4 is 10.2 Å². The summed E-state index contributed by atoms with van der Waals surface area (Å²) >= 11 is 1.17. The van der Waals surface area contributed by atoms with Crippen molar-refractivity contribution in [2.45, 2.75) is 6.92 Å². The molecule has 1 heterocycles. The average Bonchev–Trinajstić information content (AvgIpc) is 2.69. The quantitative estimate of drug-likeness (QED) is 0.844. The molecule has 5 nitrogen and oxygen atoms in total. The highest BCUT2D eigenvalue weighted by atomic mass is 32.2. The van der Waals surface area contributed by atoms with E-state index in [0.29, 0.717) is 10.1 Å². The Labute approximate surface area is 121 Å². The van der Waals surface area contributed by atoms with Gasteiger partial charge in [0.05, 0.1) is 4.91 Å². The van der Waals surface area contributed by atoms with Crippen molar-refractivity contribution in [3.63, 3.8) is 0 Å². The lowest BCUT2D eigenvalue weighted by molar-refractivity contribution is -0.117. The second-order valence-corrected chi connectivity index (χ2v) is 5.53. The van der Waals surface area contributed by atoms with E-state index in [1.54, 1.807) is 6.08 Å². The van der Waals surface area contributed by atoms with Gasteiger partial charge in [-0.25, -0.2) is 0 Å². The zero-order valence-electron chi connectivity index (χ0n) is 11.5. The van der Waals surface area contributed by atoms with Crippen molar-refractivity contribution in [2.75, 3.05) is 19.0 Å². The molecule has 20 heavy (non-hydrogen) atoms. The number of carbonyl (C=O) groups excluding carboxylic acids is 2. The fourth-order valence-corrected chi connectivity index (χ4v) is 2.49. The van der Waals surface area contributed by atoms with E-state index in [0.717, 1.165) is 11.3 Å². The molecule has 0 unspecified atom stereocenters. The molecule has 0 atom stereocenters. The lowest BCUT2D eigenvalue weighted by Crippen LogP contribution is -2.23. The van der Waals surface area contributed by atoms with Gasteiger partial charge in [-0.3, -0.25) is 9.59 Å². The van der Waals surface area contributed by atoms with Crippen molar-refractivity contribution in [1.82, 2.24) is 5.32 Å². The lowest BCUT2D eigenvalue weighted by Gasteiger charge is -2.11. The summed E-state index contributed by atoms with van der Waals surface area (Å²) in [4.78, 5) is 28.9. The van der Waals surface area contributed by atoms with Crippen LogP contribution in [0.2, 0.25) is 0 Å². The topological polar surface area (TPSA) is 61.8 Å². The lowest BCUT2D eigenvalue weighted by atomic mass is 10.2. The molecule has 1 aliphatic heterocycles. The van der Waals surface area contributed by atoms with Gasteiger partial charge < -0.3 is 10.2 Å². The van der Waals surface area contributed by atoms with Crippen LogP contribution in [0.25, 0.3) is 6.08 Å². The van der Waals surface area contributed by atoms with Crippen molar-refractivity contribution in [3.8, 4) is 0 Å². The van der Waals surface area contributed by atoms with E-state index in [2.05, 4.69) is 10.3 Å². The van der Waals surface area contributed by atoms with Crippen LogP contribution in [-0.2, 0) is 9.59 Å². The number of amides is 2. The van der Waals surface area contributed by atoms with Gasteiger partial charge in [-0.2, -0.15) is 4.99 Å². The Morgan fingerprint density at radius 2 is 1.95 bits per heavy atom. The normalized spacial score (nSPS) is 16.2. The number of rotatable bonds is 2. The Kier molecular flexibility index (Phi) is 4.24. The largest absolute Gasteiger partial charge is 0.378 e. The first-order chi connectivity index (χ1) is 9.45. The molecule has 6 heteroatoms. The smallest absolute Gasteiger partial charge is 0.286 e. The van der Waals surface area contributed by atoms with Crippen LogP contribution in [0.1, 0.15) is 12.5 Å². The molecule has 1 N–H and O–H groups in total. The molecule has 0 saturated heterocycles. The van der Waals surface area contributed by atoms with E-state index >= 15 is 0 Å². The van der Waals surface area contributed by atoms with Gasteiger partial charge in [0.2, 0.25) is 5.91 Å². The van der Waals surface area contributed by atoms with Gasteiger partial charge >= 0.3 is 0 Å². The van der Waals surface area contributed by atoms with E-state index in [-0.39, 0.29) is 11.8 Å². The van der Waals surface area contributed by atoms with Gasteiger partial charge in [-0.05, 0) is 35.5 Å². The first-order valence-electron chi connectivity index (χ1n) is 6.03. The minimum atomic E-state index is -0.324. The molecule has 0 aliphatic carbocycles. The fraction of sp³-hybridized carbons (Fsp3) is 0.214. The maximum atomic E-state index is 11.7. The number of amidine groups is 1. The molecule has 0 radical (unpaired) electrons. The molecular weight excluding hydrogens is 274 g/mol. The van der Waals surface area contributed by atoms with Gasteiger partial charge in [0, 0.05) is 26.7 Å². The number of hydrogen-bond acceptors (Lipinski definition) is 4. The number of aliphatic imine (C=N–C) groups is 1. The molecular formula is C14H15N3O2S. The molecule has 0 fully saturated rings. The maximum absolute atomic E-state index is 11.7. The van der Waals surface area contributed by atoms with Crippen molar-refractivity contribution < 1.29 is 9.59 Å². The third-order valence-electron chi connectivity index (χ3n) is 2.61. The zero-order valence-corrected chi connectivity index (χ0v) is 12.3. The molecule has 2 rings (SSSR count). The highest BCUT2D eigenvalue weighted by molar-refractivity contribution is 8.18. The molecule has 104 valence electrons. The molecule has 0 spiro atoms. The molecule has 0 aromatic heterocycles. The summed E-state index contributed by atoms with van der Waals surface area (Å²) in [6.45, 7) is 1.38. The first-order valence-corrected chi connectivity index (χ1v) is 6.85. The average molecular weight is 289 g/mol. The van der Waals surface area contributed by atoms with Crippen LogP contribution in [0.5, 0.6) is 0 Å². The second kappa shape index (κ2) is 5.92. The molecule has 1 aromatic carbocycles. The van der Waals surface area contributed by atoms with E-state index < -0.39 is 0 Å². The van der Waals surface area contributed by atoms with Crippen LogP contribution in [0.15, 0.2) is 34.2 Å². The predicted molar refractivity (Wildman–Crippen MR) is 82.6 cm³/mol. The summed E-state index contributed by atoms with van der Waals surface area (Å²) in [5.41, 5.74) is 2.01. The van der Waals surface area contributed by atoms with Crippen molar-refractivity contribution in [3.05, 3.63) is 34.7 Å². The maximum Gasteiger partial charge on any atom is 0.286 e. The zero-order chi connectivity index (χ0) is 14.7. The van der Waals surface area contributed by atoms with Gasteiger partial charge in [0.25, 0.3) is 5.91 Å². The number of thioether (sulfide) groups is 1. The van der Waals surface area contributed by atoms with Gasteiger partial charge in [0.15, 0.2) is 5.17 Å². The summed E-state index contributed by atoms with van der Waals surface area (Å²) in [6, 6.07) is 7.83. The minimum Gasteiger partial charge on any atom is -0.378 e. The van der Waals surface area contributed by atoms with E-state index in [9.17, 15) is 9.59 Å². The standard InChI is InChI=1S/C14H15N3O2S/c1-9(18)15-14-16-13(19)12(20-14)8-10-4-6-11(7-5-10)17(2)3/h4-8H,1-3H3,(H,15,16,18,19)/b12-8+. The van der Waals surface area contributed by atoms with Gasteiger partial charge in [-0.1, -0.05) is 12.1 Å². The molecule has 0 saturated carbocycles. The number of carbonyl (C=O) groups is 2. The Bertz CT molecular complexity index is 603. The van der Waals surface area contributed by atoms with E-state index in [1.807, 2.05) is 43.3 Å². The van der Waals surface area contributed by atoms with Crippen molar-refractivity contribution >= 4 is 40.5 Å². The van der Waals surface area contributed by atoms with Crippen molar-refractivity contribution in [2.24, 2.45) is 4.99 Å². The summed E-state index contributed by atoms with van der Waals surface area (Å²) < 4.78 is 0. The Hall–Kier alpha value is -2.08. The molecule has 1 aliphatic rings. The number of nitrogens with zero attached hydrogens (tertiary/aromatic N) is 2. The second-order valence-electron chi connectivity index (χ2n) is 4.50. The monoisotopic (exact) mass is 289 g/mol. The number of benzene rings is 1. The predicted octanol–water partition coefficient (Wildman–Crippen LogP) is 1.86. The highest BCUT2D eigenvalue weighted by Crippen LogP contribution is 2.27. The number of anilines is 1. The summed E-state index contributed by atoms with van der Waals surface area (Å²) in [5, 5.41) is 2.85. The van der Waals surface area contributed by atoms with Crippen LogP contribution in [-0.4, -0.2) is 31.1 Å². The van der Waals surface area contributed by atoms with E-state index in [1.165, 1.54) is 18.7 Å². The number of nitrogens with one attached hydrogen (secondary N) is 1. The third-order valence-corrected chi connectivity index (χ3v) is 3.51. The third kappa shape index (κ3) is 3.48. The highest BCUT2D eigenvalue weighted by Gasteiger charge is 2.22. The summed E-state index contributed by atoms with van der Waals surface area (Å²) in [5.74, 6) is -0.559. The first kappa shape index (κ1) is 14.3. The Balaban J connectivity index is 2.13. The Morgan fingerprint density at radius 3 is 2.50 bits per heavy atom. The summed E-state index contributed by atoms with van der Waals surface area (Å²) in [7, 11) is 3.94. The summed E-state index contributed by atoms with van der Waals surface area (Å²) in [6.07, 6.45) is 1.77. The van der Waals surface area contributed by atoms with Gasteiger partial charge in [0.1, 0.15) is 0 Å². The fourth-order valence-electron chi connectivity index (χ4n) is 1.63.